The summed E-state index contributed by atoms with van der Waals surface area (Å²) in [5, 5.41) is 0. The summed E-state index contributed by atoms with van der Waals surface area (Å²) in [4.78, 5) is 15.2. The zero-order valence-electron chi connectivity index (χ0n) is 7.86. The van der Waals surface area contributed by atoms with Crippen LogP contribution in [0.1, 0.15) is 19.2 Å². The van der Waals surface area contributed by atoms with Crippen LogP contribution >= 0.6 is 0 Å². The predicted octanol–water partition coefficient (Wildman–Crippen LogP) is 1.36. The minimum absolute atomic E-state index is 0.367. The van der Waals surface area contributed by atoms with Crippen molar-refractivity contribution in [3.05, 3.63) is 18.1 Å². The molecule has 0 atom stereocenters. The molecule has 0 unspecified atom stereocenters. The van der Waals surface area contributed by atoms with E-state index in [9.17, 15) is 0 Å². The second kappa shape index (κ2) is 3.45. The van der Waals surface area contributed by atoms with Crippen molar-refractivity contribution in [2.24, 2.45) is 0 Å². The van der Waals surface area contributed by atoms with Crippen LogP contribution in [0.5, 0.6) is 0 Å². The maximum atomic E-state index is 5.49. The van der Waals surface area contributed by atoms with Crippen molar-refractivity contribution >= 4 is 23.2 Å². The van der Waals surface area contributed by atoms with Crippen LogP contribution in [-0.2, 0) is 0 Å². The minimum Gasteiger partial charge on any atom is -0.369 e. The van der Waals surface area contributed by atoms with E-state index < -0.39 is 0 Å². The normalized spacial score (nSPS) is 11.5. The summed E-state index contributed by atoms with van der Waals surface area (Å²) in [6, 6.07) is 0. The van der Waals surface area contributed by atoms with Gasteiger partial charge in [0.2, 0.25) is 0 Å². The first-order valence-electron chi connectivity index (χ1n) is 4.44. The van der Waals surface area contributed by atoms with E-state index in [2.05, 4.69) is 26.9 Å². The lowest BCUT2D eigenvalue weighted by Crippen LogP contribution is -1.87. The van der Waals surface area contributed by atoms with Gasteiger partial charge >= 0.3 is 0 Å². The number of imidazole rings is 1. The monoisotopic (exact) mass is 189 g/mol. The molecule has 2 aromatic rings. The molecular formula is C9H11N5. The van der Waals surface area contributed by atoms with Crippen molar-refractivity contribution in [3.63, 3.8) is 0 Å². The lowest BCUT2D eigenvalue weighted by atomic mass is 10.4. The third-order valence-corrected chi connectivity index (χ3v) is 1.78. The molecule has 0 saturated carbocycles. The molecule has 0 bridgehead atoms. The van der Waals surface area contributed by atoms with Crippen LogP contribution in [0, 0.1) is 0 Å². The number of fused-ring (bicyclic) bond motifs is 1. The molecule has 0 aliphatic rings. The minimum atomic E-state index is 0.367. The molecule has 0 aliphatic carbocycles. The molecule has 0 radical (unpaired) electrons. The van der Waals surface area contributed by atoms with E-state index in [-0.39, 0.29) is 0 Å². The number of rotatable bonds is 2. The van der Waals surface area contributed by atoms with Gasteiger partial charge in [0.1, 0.15) is 5.52 Å². The fourth-order valence-corrected chi connectivity index (χ4v) is 1.14. The van der Waals surface area contributed by atoms with Crippen LogP contribution in [-0.4, -0.2) is 19.9 Å². The summed E-state index contributed by atoms with van der Waals surface area (Å²) in [6.45, 7) is 2.06. The molecular weight excluding hydrogens is 178 g/mol. The van der Waals surface area contributed by atoms with Gasteiger partial charge in [-0.2, -0.15) is 4.98 Å². The zero-order chi connectivity index (χ0) is 9.97. The lowest BCUT2D eigenvalue weighted by Gasteiger charge is -1.90. The summed E-state index contributed by atoms with van der Waals surface area (Å²) in [6.07, 6.45) is 6.51. The molecule has 72 valence electrons. The van der Waals surface area contributed by atoms with Crippen molar-refractivity contribution < 1.29 is 0 Å². The fraction of sp³-hybridized carbons (Fsp3) is 0.222. The van der Waals surface area contributed by atoms with E-state index in [1.807, 2.05) is 12.2 Å². The number of nitrogens with two attached hydrogens (primary N) is 1. The Bertz CT molecular complexity index is 471. The standard InChI is InChI=1S/C9H11N5/c1-2-3-4-7-11-5-6-8(13-7)14-9(10)12-6/h3-5H,2H2,1H3,(H3,10,11,12,13,14). The number of aromatic nitrogens is 4. The average Bonchev–Trinajstić information content (AvgIpc) is 2.54. The van der Waals surface area contributed by atoms with E-state index in [0.29, 0.717) is 17.4 Å². The Balaban J connectivity index is 2.45. The van der Waals surface area contributed by atoms with Crippen molar-refractivity contribution in [2.75, 3.05) is 5.73 Å². The summed E-state index contributed by atoms with van der Waals surface area (Å²) in [5.41, 5.74) is 6.85. The smallest absolute Gasteiger partial charge is 0.200 e. The molecule has 2 rings (SSSR count). The van der Waals surface area contributed by atoms with Crippen LogP contribution in [0.4, 0.5) is 5.95 Å². The molecule has 14 heavy (non-hydrogen) atoms. The van der Waals surface area contributed by atoms with Crippen LogP contribution in [0.15, 0.2) is 12.3 Å². The van der Waals surface area contributed by atoms with Gasteiger partial charge in [0.25, 0.3) is 0 Å². The Morgan fingerprint density at radius 1 is 1.50 bits per heavy atom. The Kier molecular flexibility index (Phi) is 2.14. The Morgan fingerprint density at radius 3 is 3.14 bits per heavy atom. The summed E-state index contributed by atoms with van der Waals surface area (Å²) < 4.78 is 0. The van der Waals surface area contributed by atoms with Crippen LogP contribution in [0.3, 0.4) is 0 Å². The third-order valence-electron chi connectivity index (χ3n) is 1.78. The SMILES string of the molecule is CCC=Cc1ncc2[nH]c(N)nc2n1. The number of anilines is 1. The fourth-order valence-electron chi connectivity index (χ4n) is 1.14. The van der Waals surface area contributed by atoms with Crippen molar-refractivity contribution in [1.29, 1.82) is 0 Å². The molecule has 0 aliphatic heterocycles. The van der Waals surface area contributed by atoms with E-state index >= 15 is 0 Å². The number of nitrogens with zero attached hydrogens (tertiary/aromatic N) is 3. The second-order valence-corrected chi connectivity index (χ2v) is 2.90. The lowest BCUT2D eigenvalue weighted by molar-refractivity contribution is 1.15. The number of H-pyrrole nitrogens is 1. The van der Waals surface area contributed by atoms with Crippen molar-refractivity contribution in [1.82, 2.24) is 19.9 Å². The highest BCUT2D eigenvalue weighted by Crippen LogP contribution is 2.09. The Labute approximate surface area is 81.1 Å². The molecule has 0 aromatic carbocycles. The number of allylic oxidation sites excluding steroid dienone is 1. The second-order valence-electron chi connectivity index (χ2n) is 2.90. The summed E-state index contributed by atoms with van der Waals surface area (Å²) in [7, 11) is 0. The molecule has 2 heterocycles. The number of nitrogens with one attached hydrogen (secondary N) is 1. The molecule has 5 nitrogen and oxygen atoms in total. The van der Waals surface area contributed by atoms with Gasteiger partial charge in [-0.25, -0.2) is 9.97 Å². The first kappa shape index (κ1) is 8.68. The molecule has 3 N–H and O–H groups in total. The van der Waals surface area contributed by atoms with Gasteiger partial charge in [0, 0.05) is 0 Å². The average molecular weight is 189 g/mol. The van der Waals surface area contributed by atoms with E-state index in [1.54, 1.807) is 6.20 Å². The van der Waals surface area contributed by atoms with E-state index in [4.69, 9.17) is 5.73 Å². The van der Waals surface area contributed by atoms with Gasteiger partial charge < -0.3 is 10.7 Å². The Morgan fingerprint density at radius 2 is 2.36 bits per heavy atom. The number of nitrogen functional groups attached to an aromatic ring is 1. The highest BCUT2D eigenvalue weighted by molar-refractivity contribution is 5.72. The first-order chi connectivity index (χ1) is 6.79. The van der Waals surface area contributed by atoms with Gasteiger partial charge in [-0.05, 0) is 12.5 Å². The number of hydrogen-bond acceptors (Lipinski definition) is 4. The first-order valence-corrected chi connectivity index (χ1v) is 4.44. The van der Waals surface area contributed by atoms with Gasteiger partial charge in [0.15, 0.2) is 17.4 Å². The molecule has 0 spiro atoms. The van der Waals surface area contributed by atoms with Crippen LogP contribution < -0.4 is 5.73 Å². The predicted molar refractivity (Wildman–Crippen MR) is 55.4 cm³/mol. The van der Waals surface area contributed by atoms with Gasteiger partial charge in [-0.1, -0.05) is 13.0 Å². The van der Waals surface area contributed by atoms with Gasteiger partial charge in [-0.3, -0.25) is 0 Å². The molecule has 5 heteroatoms. The third kappa shape index (κ3) is 1.56. The number of aromatic amines is 1. The number of hydrogen-bond donors (Lipinski definition) is 2. The van der Waals surface area contributed by atoms with Gasteiger partial charge in [0.05, 0.1) is 6.20 Å². The molecule has 0 amide bonds. The highest BCUT2D eigenvalue weighted by atomic mass is 15.1. The molecule has 0 fully saturated rings. The van der Waals surface area contributed by atoms with E-state index in [0.717, 1.165) is 11.9 Å². The maximum absolute atomic E-state index is 5.49. The van der Waals surface area contributed by atoms with E-state index in [1.165, 1.54) is 0 Å². The highest BCUT2D eigenvalue weighted by Gasteiger charge is 2.01. The zero-order valence-corrected chi connectivity index (χ0v) is 7.86. The Hall–Kier alpha value is -1.91. The quantitative estimate of drug-likeness (QED) is 0.747. The van der Waals surface area contributed by atoms with Gasteiger partial charge in [-0.15, -0.1) is 0 Å². The molecule has 2 aromatic heterocycles. The van der Waals surface area contributed by atoms with Crippen LogP contribution in [0.25, 0.3) is 17.2 Å². The van der Waals surface area contributed by atoms with Crippen molar-refractivity contribution in [3.8, 4) is 0 Å². The summed E-state index contributed by atoms with van der Waals surface area (Å²) >= 11 is 0. The topological polar surface area (TPSA) is 80.5 Å². The molecule has 0 saturated heterocycles. The van der Waals surface area contributed by atoms with Crippen molar-refractivity contribution in [2.45, 2.75) is 13.3 Å². The van der Waals surface area contributed by atoms with Crippen LogP contribution in [0.2, 0.25) is 0 Å². The summed E-state index contributed by atoms with van der Waals surface area (Å²) in [5.74, 6) is 1.02. The largest absolute Gasteiger partial charge is 0.369 e. The maximum Gasteiger partial charge on any atom is 0.200 e.